The minimum Gasteiger partial charge on any atom is -0.489 e. The van der Waals surface area contributed by atoms with Crippen molar-refractivity contribution in [3.8, 4) is 11.5 Å². The molecule has 0 saturated carbocycles. The van der Waals surface area contributed by atoms with Crippen LogP contribution in [0.3, 0.4) is 0 Å². The molecule has 0 fully saturated rings. The maximum Gasteiger partial charge on any atom is 0.225 e. The van der Waals surface area contributed by atoms with Gasteiger partial charge in [0.15, 0.2) is 5.43 Å². The van der Waals surface area contributed by atoms with Crippen LogP contribution >= 0.6 is 0 Å². The molecule has 174 valence electrons. The second kappa shape index (κ2) is 9.69. The van der Waals surface area contributed by atoms with Crippen LogP contribution in [0, 0.1) is 0 Å². The summed E-state index contributed by atoms with van der Waals surface area (Å²) >= 11 is 0. The van der Waals surface area contributed by atoms with E-state index in [-0.39, 0.29) is 24.2 Å². The zero-order valence-corrected chi connectivity index (χ0v) is 18.8. The molecule has 5 rings (SSSR count). The third-order valence-electron chi connectivity index (χ3n) is 5.47. The van der Waals surface area contributed by atoms with Crippen LogP contribution in [-0.4, -0.2) is 10.9 Å². The average molecular weight is 466 g/mol. The first-order valence-electron chi connectivity index (χ1n) is 11.1. The highest BCUT2D eigenvalue weighted by Crippen LogP contribution is 2.21. The predicted octanol–water partition coefficient (Wildman–Crippen LogP) is 4.53. The zero-order chi connectivity index (χ0) is 24.2. The Kier molecular flexibility index (Phi) is 6.13. The van der Waals surface area contributed by atoms with E-state index in [9.17, 15) is 9.59 Å². The summed E-state index contributed by atoms with van der Waals surface area (Å²) in [5.41, 5.74) is 7.99. The molecule has 0 atom stereocenters. The monoisotopic (exact) mass is 466 g/mol. The molecule has 0 saturated heterocycles. The molecule has 5 aromatic rings. The highest BCUT2D eigenvalue weighted by atomic mass is 16.5. The van der Waals surface area contributed by atoms with Crippen molar-refractivity contribution in [3.63, 3.8) is 0 Å². The molecule has 1 amide bonds. The summed E-state index contributed by atoms with van der Waals surface area (Å²) in [5.74, 6) is 1.06. The Bertz CT molecular complexity index is 1570. The van der Waals surface area contributed by atoms with Gasteiger partial charge in [-0.25, -0.2) is 4.98 Å². The van der Waals surface area contributed by atoms with Crippen LogP contribution in [0.1, 0.15) is 17.0 Å². The number of para-hydroxylation sites is 1. The second-order valence-corrected chi connectivity index (χ2v) is 8.09. The van der Waals surface area contributed by atoms with Gasteiger partial charge in [0.1, 0.15) is 36.1 Å². The van der Waals surface area contributed by atoms with Crippen molar-refractivity contribution < 1.29 is 18.7 Å². The molecule has 0 aliphatic rings. The Hall–Kier alpha value is -4.65. The van der Waals surface area contributed by atoms with E-state index >= 15 is 0 Å². The van der Waals surface area contributed by atoms with Gasteiger partial charge in [-0.3, -0.25) is 9.59 Å². The molecular formula is C28H22N2O5. The first-order valence-corrected chi connectivity index (χ1v) is 11.1. The van der Waals surface area contributed by atoms with Crippen LogP contribution in [0.4, 0.5) is 0 Å². The number of primary amides is 1. The number of ether oxygens (including phenoxy) is 2. The first-order chi connectivity index (χ1) is 17.0. The van der Waals surface area contributed by atoms with Gasteiger partial charge in [0.05, 0.1) is 23.0 Å². The highest BCUT2D eigenvalue weighted by Gasteiger charge is 2.09. The number of hydrogen-bond acceptors (Lipinski definition) is 6. The number of nitrogens with zero attached hydrogens (tertiary/aromatic N) is 1. The molecule has 0 aliphatic carbocycles. The van der Waals surface area contributed by atoms with Gasteiger partial charge in [0.2, 0.25) is 5.91 Å². The Balaban J connectivity index is 1.21. The Morgan fingerprint density at radius 3 is 2.37 bits per heavy atom. The Labute approximate surface area is 200 Å². The number of pyridine rings is 1. The fraction of sp³-hybridized carbons (Fsp3) is 0.107. The van der Waals surface area contributed by atoms with Crippen molar-refractivity contribution in [3.05, 3.63) is 112 Å². The summed E-state index contributed by atoms with van der Waals surface area (Å²) in [6.45, 7) is 0.645. The van der Waals surface area contributed by atoms with Crippen LogP contribution in [0.2, 0.25) is 0 Å². The minimum absolute atomic E-state index is 0.128. The summed E-state index contributed by atoms with van der Waals surface area (Å²) in [4.78, 5) is 28.0. The smallest absolute Gasteiger partial charge is 0.225 e. The van der Waals surface area contributed by atoms with Gasteiger partial charge in [-0.1, -0.05) is 30.3 Å². The predicted molar refractivity (Wildman–Crippen MR) is 132 cm³/mol. The molecule has 0 aliphatic heterocycles. The van der Waals surface area contributed by atoms with E-state index in [1.807, 2.05) is 60.7 Å². The molecule has 0 radical (unpaired) electrons. The second-order valence-electron chi connectivity index (χ2n) is 8.09. The van der Waals surface area contributed by atoms with Gasteiger partial charge >= 0.3 is 0 Å². The van der Waals surface area contributed by atoms with Crippen molar-refractivity contribution in [1.29, 1.82) is 0 Å². The van der Waals surface area contributed by atoms with Crippen molar-refractivity contribution in [1.82, 2.24) is 4.98 Å². The topological polar surface area (TPSA) is 105 Å². The van der Waals surface area contributed by atoms with Crippen molar-refractivity contribution in [2.45, 2.75) is 19.6 Å². The number of nitrogens with two attached hydrogens (primary N) is 1. The summed E-state index contributed by atoms with van der Waals surface area (Å²) in [7, 11) is 0. The van der Waals surface area contributed by atoms with Gasteiger partial charge in [0, 0.05) is 11.5 Å². The summed E-state index contributed by atoms with van der Waals surface area (Å²) in [6, 6.07) is 25.8. The SMILES string of the molecule is NC(=O)Cc1cc(=O)c2ccc(COc3ccc(OCc4ccc5ccccc5n4)cc3)cc2o1. The normalized spacial score (nSPS) is 11.0. The molecular weight excluding hydrogens is 444 g/mol. The van der Waals surface area contributed by atoms with Crippen molar-refractivity contribution in [2.24, 2.45) is 5.73 Å². The lowest BCUT2D eigenvalue weighted by atomic mass is 10.1. The van der Waals surface area contributed by atoms with Crippen molar-refractivity contribution >= 4 is 27.8 Å². The van der Waals surface area contributed by atoms with Crippen molar-refractivity contribution in [2.75, 3.05) is 0 Å². The van der Waals surface area contributed by atoms with Gasteiger partial charge in [-0.2, -0.15) is 0 Å². The van der Waals surface area contributed by atoms with Crippen LogP contribution in [0.15, 0.2) is 94.1 Å². The largest absolute Gasteiger partial charge is 0.489 e. The van der Waals surface area contributed by atoms with Gasteiger partial charge < -0.3 is 19.6 Å². The molecule has 0 bridgehead atoms. The van der Waals surface area contributed by atoms with E-state index in [2.05, 4.69) is 4.98 Å². The lowest BCUT2D eigenvalue weighted by molar-refractivity contribution is -0.117. The lowest BCUT2D eigenvalue weighted by Crippen LogP contribution is -2.15. The number of benzene rings is 3. The number of carbonyl (C=O) groups excluding carboxylic acids is 1. The lowest BCUT2D eigenvalue weighted by Gasteiger charge is -2.10. The van der Waals surface area contributed by atoms with Crippen LogP contribution in [0.5, 0.6) is 11.5 Å². The standard InChI is InChI=1S/C28H22N2O5/c29-28(32)15-23-14-26(31)24-12-5-18(13-27(24)35-23)16-33-21-8-10-22(11-9-21)34-17-20-7-6-19-3-1-2-4-25(19)30-20/h1-14H,15-17H2,(H2,29,32). The molecule has 3 aromatic carbocycles. The van der Waals surface area contributed by atoms with Crippen LogP contribution < -0.4 is 20.6 Å². The summed E-state index contributed by atoms with van der Waals surface area (Å²) < 4.78 is 17.4. The number of rotatable bonds is 8. The number of fused-ring (bicyclic) bond motifs is 2. The summed E-state index contributed by atoms with van der Waals surface area (Å²) in [6.07, 6.45) is -0.128. The molecule has 2 N–H and O–H groups in total. The number of aromatic nitrogens is 1. The maximum absolute atomic E-state index is 12.2. The van der Waals surface area contributed by atoms with Gasteiger partial charge in [-0.15, -0.1) is 0 Å². The average Bonchev–Trinajstić information content (AvgIpc) is 2.86. The van der Waals surface area contributed by atoms with E-state index in [4.69, 9.17) is 19.6 Å². The van der Waals surface area contributed by atoms with Crippen LogP contribution in [-0.2, 0) is 24.4 Å². The van der Waals surface area contributed by atoms with E-state index in [1.165, 1.54) is 6.07 Å². The molecule has 2 heterocycles. The number of hydrogen-bond donors (Lipinski definition) is 1. The quantitative estimate of drug-likeness (QED) is 0.360. The molecule has 0 spiro atoms. The zero-order valence-electron chi connectivity index (χ0n) is 18.8. The Morgan fingerprint density at radius 1 is 0.857 bits per heavy atom. The third kappa shape index (κ3) is 5.30. The van der Waals surface area contributed by atoms with E-state index < -0.39 is 5.91 Å². The molecule has 35 heavy (non-hydrogen) atoms. The van der Waals surface area contributed by atoms with E-state index in [0.29, 0.717) is 29.1 Å². The van der Waals surface area contributed by atoms with E-state index in [1.54, 1.807) is 18.2 Å². The molecule has 2 aromatic heterocycles. The minimum atomic E-state index is -0.562. The third-order valence-corrected chi connectivity index (χ3v) is 5.47. The highest BCUT2D eigenvalue weighted by molar-refractivity contribution is 5.79. The number of carbonyl (C=O) groups is 1. The Morgan fingerprint density at radius 2 is 1.60 bits per heavy atom. The molecule has 0 unspecified atom stereocenters. The molecule has 7 nitrogen and oxygen atoms in total. The first kappa shape index (κ1) is 22.2. The van der Waals surface area contributed by atoms with Crippen LogP contribution in [0.25, 0.3) is 21.9 Å². The molecule has 7 heteroatoms. The maximum atomic E-state index is 12.2. The fourth-order valence-electron chi connectivity index (χ4n) is 3.74. The van der Waals surface area contributed by atoms with Gasteiger partial charge in [0.25, 0.3) is 0 Å². The fourth-order valence-corrected chi connectivity index (χ4v) is 3.74. The van der Waals surface area contributed by atoms with Gasteiger partial charge in [-0.05, 0) is 54.1 Å². The van der Waals surface area contributed by atoms with E-state index in [0.717, 1.165) is 22.2 Å². The summed E-state index contributed by atoms with van der Waals surface area (Å²) in [5, 5.41) is 1.53. The number of amides is 1.